The quantitative estimate of drug-likeness (QED) is 0.826. The zero-order chi connectivity index (χ0) is 18.5. The SMILES string of the molecule is COc1ccc(OC)c([C@@H](C)NC(=O)C[NH+]2CCc3ccccc3C2)c1. The van der Waals surface area contributed by atoms with E-state index in [0.29, 0.717) is 6.54 Å². The maximum Gasteiger partial charge on any atom is 0.275 e. The molecule has 2 aromatic carbocycles. The maximum atomic E-state index is 12.6. The second-order valence-electron chi connectivity index (χ2n) is 6.77. The van der Waals surface area contributed by atoms with Gasteiger partial charge in [-0.2, -0.15) is 0 Å². The van der Waals surface area contributed by atoms with Crippen LogP contribution in [-0.2, 0) is 17.8 Å². The number of benzene rings is 2. The number of amides is 1. The molecule has 1 aliphatic heterocycles. The Morgan fingerprint density at radius 1 is 1.15 bits per heavy atom. The average Bonchev–Trinajstić information content (AvgIpc) is 2.67. The first-order chi connectivity index (χ1) is 12.6. The van der Waals surface area contributed by atoms with Gasteiger partial charge in [0.25, 0.3) is 5.91 Å². The van der Waals surface area contributed by atoms with Crippen molar-refractivity contribution in [2.24, 2.45) is 0 Å². The summed E-state index contributed by atoms with van der Waals surface area (Å²) in [5.41, 5.74) is 3.68. The predicted molar refractivity (Wildman–Crippen MR) is 101 cm³/mol. The summed E-state index contributed by atoms with van der Waals surface area (Å²) in [7, 11) is 3.27. The number of carbonyl (C=O) groups is 1. The molecule has 2 aromatic rings. The molecule has 2 atom stereocenters. The molecule has 1 heterocycles. The van der Waals surface area contributed by atoms with Crippen LogP contribution >= 0.6 is 0 Å². The average molecular weight is 355 g/mol. The van der Waals surface area contributed by atoms with Crippen LogP contribution in [0.3, 0.4) is 0 Å². The summed E-state index contributed by atoms with van der Waals surface area (Å²) in [6.07, 6.45) is 1.03. The van der Waals surface area contributed by atoms with E-state index in [0.717, 1.165) is 36.6 Å². The number of rotatable bonds is 6. The fourth-order valence-corrected chi connectivity index (χ4v) is 3.57. The number of methoxy groups -OCH3 is 2. The van der Waals surface area contributed by atoms with Crippen LogP contribution in [0.4, 0.5) is 0 Å². The van der Waals surface area contributed by atoms with Gasteiger partial charge in [-0.15, -0.1) is 0 Å². The fraction of sp³-hybridized carbons (Fsp3) is 0.381. The first-order valence-corrected chi connectivity index (χ1v) is 9.02. The number of nitrogens with one attached hydrogen (secondary N) is 2. The van der Waals surface area contributed by atoms with Gasteiger partial charge in [-0.05, 0) is 30.7 Å². The third kappa shape index (κ3) is 4.17. The van der Waals surface area contributed by atoms with E-state index in [2.05, 4.69) is 29.6 Å². The van der Waals surface area contributed by atoms with Crippen molar-refractivity contribution in [1.29, 1.82) is 0 Å². The van der Waals surface area contributed by atoms with Gasteiger partial charge < -0.3 is 19.7 Å². The number of fused-ring (bicyclic) bond motifs is 1. The predicted octanol–water partition coefficient (Wildman–Crippen LogP) is 1.52. The molecule has 0 aromatic heterocycles. The number of quaternary nitrogens is 1. The van der Waals surface area contributed by atoms with Crippen molar-refractivity contribution in [1.82, 2.24) is 5.32 Å². The number of ether oxygens (including phenoxy) is 2. The van der Waals surface area contributed by atoms with Crippen molar-refractivity contribution >= 4 is 5.91 Å². The van der Waals surface area contributed by atoms with Gasteiger partial charge in [0.2, 0.25) is 0 Å². The van der Waals surface area contributed by atoms with E-state index >= 15 is 0 Å². The van der Waals surface area contributed by atoms with Crippen LogP contribution in [0.1, 0.15) is 29.7 Å². The fourth-order valence-electron chi connectivity index (χ4n) is 3.57. The molecule has 0 radical (unpaired) electrons. The van der Waals surface area contributed by atoms with E-state index in [9.17, 15) is 4.79 Å². The van der Waals surface area contributed by atoms with Gasteiger partial charge in [0, 0.05) is 17.5 Å². The Balaban J connectivity index is 1.62. The molecule has 26 heavy (non-hydrogen) atoms. The van der Waals surface area contributed by atoms with E-state index in [1.807, 2.05) is 25.1 Å². The summed E-state index contributed by atoms with van der Waals surface area (Å²) in [5, 5.41) is 3.10. The van der Waals surface area contributed by atoms with E-state index in [-0.39, 0.29) is 11.9 Å². The Labute approximate surface area is 154 Å². The van der Waals surface area contributed by atoms with Gasteiger partial charge in [-0.3, -0.25) is 4.79 Å². The first kappa shape index (κ1) is 18.3. The van der Waals surface area contributed by atoms with E-state index < -0.39 is 0 Å². The lowest BCUT2D eigenvalue weighted by atomic mass is 10.00. The summed E-state index contributed by atoms with van der Waals surface area (Å²) >= 11 is 0. The summed E-state index contributed by atoms with van der Waals surface area (Å²) in [4.78, 5) is 13.9. The Kier molecular flexibility index (Phi) is 5.78. The van der Waals surface area contributed by atoms with Crippen molar-refractivity contribution in [2.45, 2.75) is 25.9 Å². The number of carbonyl (C=O) groups excluding carboxylic acids is 1. The molecular weight excluding hydrogens is 328 g/mol. The van der Waals surface area contributed by atoms with Gasteiger partial charge in [-0.1, -0.05) is 24.3 Å². The van der Waals surface area contributed by atoms with Crippen LogP contribution in [-0.4, -0.2) is 33.2 Å². The third-order valence-electron chi connectivity index (χ3n) is 5.00. The van der Waals surface area contributed by atoms with Crippen LogP contribution in [0.15, 0.2) is 42.5 Å². The van der Waals surface area contributed by atoms with Crippen LogP contribution in [0.25, 0.3) is 0 Å². The Morgan fingerprint density at radius 3 is 2.65 bits per heavy atom. The van der Waals surface area contributed by atoms with Crippen LogP contribution < -0.4 is 19.7 Å². The largest absolute Gasteiger partial charge is 0.497 e. The molecule has 5 nitrogen and oxygen atoms in total. The molecule has 3 rings (SSSR count). The van der Waals surface area contributed by atoms with Gasteiger partial charge in [0.1, 0.15) is 18.0 Å². The maximum absolute atomic E-state index is 12.6. The first-order valence-electron chi connectivity index (χ1n) is 9.02. The monoisotopic (exact) mass is 355 g/mol. The minimum Gasteiger partial charge on any atom is -0.497 e. The minimum absolute atomic E-state index is 0.0526. The third-order valence-corrected chi connectivity index (χ3v) is 5.00. The van der Waals surface area contributed by atoms with Gasteiger partial charge in [-0.25, -0.2) is 0 Å². The minimum atomic E-state index is -0.149. The molecule has 1 amide bonds. The highest BCUT2D eigenvalue weighted by Gasteiger charge is 2.23. The van der Waals surface area contributed by atoms with Crippen molar-refractivity contribution < 1.29 is 19.2 Å². The lowest BCUT2D eigenvalue weighted by Crippen LogP contribution is -3.12. The van der Waals surface area contributed by atoms with Crippen LogP contribution in [0, 0.1) is 0 Å². The molecule has 0 spiro atoms. The number of hydrogen-bond donors (Lipinski definition) is 2. The highest BCUT2D eigenvalue weighted by Crippen LogP contribution is 2.29. The normalized spacial score (nSPS) is 17.1. The molecule has 2 N–H and O–H groups in total. The lowest BCUT2D eigenvalue weighted by Gasteiger charge is -2.26. The van der Waals surface area contributed by atoms with Crippen molar-refractivity contribution in [2.75, 3.05) is 27.3 Å². The molecular formula is C21H27N2O3+. The Hall–Kier alpha value is -2.53. The molecule has 0 saturated heterocycles. The van der Waals surface area contributed by atoms with E-state index in [4.69, 9.17) is 9.47 Å². The van der Waals surface area contributed by atoms with E-state index in [1.165, 1.54) is 16.0 Å². The molecule has 0 saturated carbocycles. The van der Waals surface area contributed by atoms with Crippen molar-refractivity contribution in [3.05, 3.63) is 59.2 Å². The summed E-state index contributed by atoms with van der Waals surface area (Å²) < 4.78 is 10.7. The van der Waals surface area contributed by atoms with Gasteiger partial charge >= 0.3 is 0 Å². The Morgan fingerprint density at radius 2 is 1.92 bits per heavy atom. The summed E-state index contributed by atoms with van der Waals surface area (Å²) in [6, 6.07) is 14.0. The van der Waals surface area contributed by atoms with Crippen molar-refractivity contribution in [3.63, 3.8) is 0 Å². The zero-order valence-electron chi connectivity index (χ0n) is 15.7. The highest BCUT2D eigenvalue weighted by molar-refractivity contribution is 5.77. The molecule has 138 valence electrons. The van der Waals surface area contributed by atoms with E-state index in [1.54, 1.807) is 14.2 Å². The smallest absolute Gasteiger partial charge is 0.275 e. The van der Waals surface area contributed by atoms with Crippen LogP contribution in [0.2, 0.25) is 0 Å². The lowest BCUT2D eigenvalue weighted by molar-refractivity contribution is -0.908. The zero-order valence-corrected chi connectivity index (χ0v) is 15.7. The van der Waals surface area contributed by atoms with Crippen molar-refractivity contribution in [3.8, 4) is 11.5 Å². The molecule has 0 bridgehead atoms. The van der Waals surface area contributed by atoms with Gasteiger partial charge in [0.05, 0.1) is 26.8 Å². The topological polar surface area (TPSA) is 52.0 Å². The molecule has 5 heteroatoms. The standard InChI is InChI=1S/C21H26N2O3/c1-15(19-12-18(25-2)8-9-20(19)26-3)22-21(24)14-23-11-10-16-6-4-5-7-17(16)13-23/h4-9,12,15H,10-11,13-14H2,1-3H3,(H,22,24)/p+1/t15-/m1/s1. The number of hydrogen-bond acceptors (Lipinski definition) is 3. The second kappa shape index (κ2) is 8.23. The highest BCUT2D eigenvalue weighted by atomic mass is 16.5. The molecule has 1 unspecified atom stereocenters. The summed E-state index contributed by atoms with van der Waals surface area (Å²) in [6.45, 7) is 4.34. The Bertz CT molecular complexity index is 776. The molecule has 0 fully saturated rings. The second-order valence-corrected chi connectivity index (χ2v) is 6.77. The molecule has 1 aliphatic rings. The molecule has 0 aliphatic carbocycles. The van der Waals surface area contributed by atoms with Crippen LogP contribution in [0.5, 0.6) is 11.5 Å². The van der Waals surface area contributed by atoms with Gasteiger partial charge in [0.15, 0.2) is 6.54 Å². The summed E-state index contributed by atoms with van der Waals surface area (Å²) in [5.74, 6) is 1.55.